The van der Waals surface area contributed by atoms with Crippen molar-refractivity contribution in [2.75, 3.05) is 19.8 Å². The second-order valence-electron chi connectivity index (χ2n) is 5.23. The fraction of sp³-hybridized carbons (Fsp3) is 0.769. The normalized spacial score (nSPS) is 17.1. The lowest BCUT2D eigenvalue weighted by molar-refractivity contribution is 0.0831. The van der Waals surface area contributed by atoms with Crippen molar-refractivity contribution in [3.05, 3.63) is 10.8 Å². The van der Waals surface area contributed by atoms with Gasteiger partial charge >= 0.3 is 0 Å². The van der Waals surface area contributed by atoms with Crippen LogP contribution in [0.4, 0.5) is 0 Å². The van der Waals surface area contributed by atoms with Crippen molar-refractivity contribution in [2.45, 2.75) is 44.4 Å². The molecule has 1 fully saturated rings. The largest absolute Gasteiger partial charge is 0.381 e. The second-order valence-corrected chi connectivity index (χ2v) is 6.27. The number of hydrogen-bond donors (Lipinski definition) is 1. The number of rotatable bonds is 6. The van der Waals surface area contributed by atoms with E-state index in [2.05, 4.69) is 15.3 Å². The molecule has 0 radical (unpaired) electrons. The molecule has 0 spiro atoms. The smallest absolute Gasteiger partial charge is 0.234 e. The van der Waals surface area contributed by atoms with Gasteiger partial charge in [0.2, 0.25) is 4.96 Å². The van der Waals surface area contributed by atoms with E-state index in [1.54, 1.807) is 11.3 Å². The fourth-order valence-corrected chi connectivity index (χ4v) is 3.46. The summed E-state index contributed by atoms with van der Waals surface area (Å²) in [4.78, 5) is 0.917. The summed E-state index contributed by atoms with van der Waals surface area (Å²) in [5, 5.41) is 14.4. The second kappa shape index (κ2) is 6.60. The number of nitrogens with two attached hydrogens (primary N) is 1. The van der Waals surface area contributed by atoms with Crippen molar-refractivity contribution in [1.29, 1.82) is 0 Å². The van der Waals surface area contributed by atoms with Crippen molar-refractivity contribution in [2.24, 2.45) is 5.73 Å². The summed E-state index contributed by atoms with van der Waals surface area (Å²) in [5.41, 5.74) is 5.51. The molecule has 0 aromatic carbocycles. The number of unbranched alkanes of at least 4 members (excludes halogenated alkanes) is 2. The molecule has 0 saturated carbocycles. The Balaban J connectivity index is 1.69. The lowest BCUT2D eigenvalue weighted by Crippen LogP contribution is -2.16. The minimum atomic E-state index is 0.436. The van der Waals surface area contributed by atoms with Gasteiger partial charge in [0.05, 0.1) is 0 Å². The van der Waals surface area contributed by atoms with Crippen LogP contribution in [-0.4, -0.2) is 39.6 Å². The van der Waals surface area contributed by atoms with E-state index in [0.717, 1.165) is 67.7 Å². The molecule has 0 atom stereocenters. The van der Waals surface area contributed by atoms with Gasteiger partial charge in [0.15, 0.2) is 5.82 Å². The molecule has 0 amide bonds. The molecule has 2 N–H and O–H groups in total. The van der Waals surface area contributed by atoms with Crippen LogP contribution in [0, 0.1) is 0 Å². The third-order valence-corrected chi connectivity index (χ3v) is 4.70. The van der Waals surface area contributed by atoms with Gasteiger partial charge in [-0.05, 0) is 32.2 Å². The summed E-state index contributed by atoms with van der Waals surface area (Å²) in [6, 6.07) is 0. The van der Waals surface area contributed by atoms with Crippen LogP contribution < -0.4 is 5.73 Å². The number of aryl methyl sites for hydroxylation is 1. The van der Waals surface area contributed by atoms with E-state index in [0.29, 0.717) is 5.92 Å². The predicted molar refractivity (Wildman–Crippen MR) is 78.1 cm³/mol. The number of aromatic nitrogens is 4. The standard InChI is InChI=1S/C13H21N5OS/c14-7-3-1-2-4-11-17-18-12(15-16-13(18)20-11)10-5-8-19-9-6-10/h10H,1-9,14H2. The monoisotopic (exact) mass is 295 g/mol. The zero-order valence-corrected chi connectivity index (χ0v) is 12.4. The van der Waals surface area contributed by atoms with Crippen molar-refractivity contribution < 1.29 is 4.74 Å². The van der Waals surface area contributed by atoms with Gasteiger partial charge < -0.3 is 10.5 Å². The molecular formula is C13H21N5OS. The molecule has 3 rings (SSSR count). The van der Waals surface area contributed by atoms with Gasteiger partial charge in [-0.1, -0.05) is 17.8 Å². The predicted octanol–water partition coefficient (Wildman–Crippen LogP) is 1.75. The van der Waals surface area contributed by atoms with Crippen LogP contribution in [0.2, 0.25) is 0 Å². The van der Waals surface area contributed by atoms with E-state index >= 15 is 0 Å². The van der Waals surface area contributed by atoms with Gasteiger partial charge in [0.1, 0.15) is 5.01 Å². The minimum absolute atomic E-state index is 0.436. The lowest BCUT2D eigenvalue weighted by atomic mass is 10.00. The van der Waals surface area contributed by atoms with Crippen LogP contribution in [-0.2, 0) is 11.2 Å². The molecule has 110 valence electrons. The molecule has 0 bridgehead atoms. The maximum absolute atomic E-state index is 5.51. The van der Waals surface area contributed by atoms with E-state index in [1.807, 2.05) is 4.52 Å². The summed E-state index contributed by atoms with van der Waals surface area (Å²) in [7, 11) is 0. The minimum Gasteiger partial charge on any atom is -0.381 e. The van der Waals surface area contributed by atoms with Crippen molar-refractivity contribution >= 4 is 16.3 Å². The Morgan fingerprint density at radius 1 is 1.20 bits per heavy atom. The molecule has 0 aliphatic carbocycles. The summed E-state index contributed by atoms with van der Waals surface area (Å²) in [6.45, 7) is 2.41. The molecule has 20 heavy (non-hydrogen) atoms. The van der Waals surface area contributed by atoms with Crippen molar-refractivity contribution in [3.8, 4) is 0 Å². The fourth-order valence-electron chi connectivity index (χ4n) is 2.58. The number of ether oxygens (including phenoxy) is 1. The number of fused-ring (bicyclic) bond motifs is 1. The molecule has 1 aliphatic heterocycles. The van der Waals surface area contributed by atoms with E-state index in [4.69, 9.17) is 10.5 Å². The van der Waals surface area contributed by atoms with Crippen LogP contribution in [0.5, 0.6) is 0 Å². The van der Waals surface area contributed by atoms with Gasteiger partial charge in [-0.15, -0.1) is 10.2 Å². The van der Waals surface area contributed by atoms with Crippen LogP contribution in [0.3, 0.4) is 0 Å². The quantitative estimate of drug-likeness (QED) is 0.821. The highest BCUT2D eigenvalue weighted by Crippen LogP contribution is 2.27. The molecule has 7 heteroatoms. The Kier molecular flexibility index (Phi) is 4.59. The first-order valence-corrected chi connectivity index (χ1v) is 8.19. The maximum atomic E-state index is 5.51. The van der Waals surface area contributed by atoms with E-state index in [1.165, 1.54) is 6.42 Å². The zero-order chi connectivity index (χ0) is 13.8. The summed E-state index contributed by atoms with van der Waals surface area (Å²) < 4.78 is 7.35. The molecule has 1 aliphatic rings. The Morgan fingerprint density at radius 3 is 2.85 bits per heavy atom. The Morgan fingerprint density at radius 2 is 2.05 bits per heavy atom. The van der Waals surface area contributed by atoms with Crippen LogP contribution in [0.1, 0.15) is 48.9 Å². The van der Waals surface area contributed by atoms with E-state index < -0.39 is 0 Å². The lowest BCUT2D eigenvalue weighted by Gasteiger charge is -2.19. The first kappa shape index (κ1) is 13.9. The Bertz CT molecular complexity index is 546. The molecule has 1 saturated heterocycles. The summed E-state index contributed by atoms with van der Waals surface area (Å²) >= 11 is 1.66. The van der Waals surface area contributed by atoms with Crippen molar-refractivity contribution in [1.82, 2.24) is 19.8 Å². The Hall–Kier alpha value is -1.05. The molecule has 0 unspecified atom stereocenters. The molecular weight excluding hydrogens is 274 g/mol. The highest BCUT2D eigenvalue weighted by atomic mass is 32.1. The Labute approximate surface area is 122 Å². The van der Waals surface area contributed by atoms with Crippen LogP contribution >= 0.6 is 11.3 Å². The van der Waals surface area contributed by atoms with Gasteiger partial charge in [0.25, 0.3) is 0 Å². The van der Waals surface area contributed by atoms with Gasteiger partial charge in [-0.3, -0.25) is 0 Å². The van der Waals surface area contributed by atoms with Crippen molar-refractivity contribution in [3.63, 3.8) is 0 Å². The molecule has 3 heterocycles. The third kappa shape index (κ3) is 2.99. The average molecular weight is 295 g/mol. The maximum Gasteiger partial charge on any atom is 0.234 e. The first-order valence-electron chi connectivity index (χ1n) is 7.37. The average Bonchev–Trinajstić information content (AvgIpc) is 3.04. The van der Waals surface area contributed by atoms with E-state index in [9.17, 15) is 0 Å². The number of hydrogen-bond acceptors (Lipinski definition) is 6. The van der Waals surface area contributed by atoms with E-state index in [-0.39, 0.29) is 0 Å². The summed E-state index contributed by atoms with van der Waals surface area (Å²) in [6.07, 6.45) is 6.46. The third-order valence-electron chi connectivity index (χ3n) is 3.74. The SMILES string of the molecule is NCCCCCc1nn2c(C3CCOCC3)nnc2s1. The highest BCUT2D eigenvalue weighted by Gasteiger charge is 2.23. The van der Waals surface area contributed by atoms with Crippen LogP contribution in [0.15, 0.2) is 0 Å². The first-order chi connectivity index (χ1) is 9.88. The highest BCUT2D eigenvalue weighted by molar-refractivity contribution is 7.16. The summed E-state index contributed by atoms with van der Waals surface area (Å²) in [5.74, 6) is 1.44. The van der Waals surface area contributed by atoms with Gasteiger partial charge in [-0.2, -0.15) is 9.61 Å². The molecule has 6 nitrogen and oxygen atoms in total. The number of nitrogens with zero attached hydrogens (tertiary/aromatic N) is 4. The van der Waals surface area contributed by atoms with Gasteiger partial charge in [0, 0.05) is 25.6 Å². The van der Waals surface area contributed by atoms with Crippen LogP contribution in [0.25, 0.3) is 4.96 Å². The topological polar surface area (TPSA) is 78.3 Å². The molecule has 2 aromatic rings. The van der Waals surface area contributed by atoms with Gasteiger partial charge in [-0.25, -0.2) is 0 Å². The molecule has 2 aromatic heterocycles. The zero-order valence-electron chi connectivity index (χ0n) is 11.6.